The molecule has 0 saturated carbocycles. The molecule has 9 heteroatoms. The summed E-state index contributed by atoms with van der Waals surface area (Å²) in [6, 6.07) is 8.25. The van der Waals surface area contributed by atoms with Crippen molar-refractivity contribution in [1.29, 1.82) is 0 Å². The van der Waals surface area contributed by atoms with Crippen molar-refractivity contribution in [2.24, 2.45) is 5.92 Å². The first kappa shape index (κ1) is 27.1. The Bertz CT molecular complexity index is 718. The van der Waals surface area contributed by atoms with Gasteiger partial charge in [-0.1, -0.05) is 44.2 Å². The molecule has 31 heavy (non-hydrogen) atoms. The molecule has 0 heterocycles. The van der Waals surface area contributed by atoms with E-state index in [0.29, 0.717) is 13.0 Å². The lowest BCUT2D eigenvalue weighted by atomic mass is 10.0. The van der Waals surface area contributed by atoms with Gasteiger partial charge in [-0.05, 0) is 32.3 Å². The van der Waals surface area contributed by atoms with Crippen molar-refractivity contribution in [3.63, 3.8) is 0 Å². The Balaban J connectivity index is 3.23. The second kappa shape index (κ2) is 13.5. The molecule has 2 amide bonds. The number of hydrogen-bond donors (Lipinski definition) is 0. The van der Waals surface area contributed by atoms with Gasteiger partial charge in [0.2, 0.25) is 0 Å². The predicted molar refractivity (Wildman–Crippen MR) is 121 cm³/mol. The molecule has 1 rings (SSSR count). The third kappa shape index (κ3) is 8.63. The van der Waals surface area contributed by atoms with Gasteiger partial charge in [0, 0.05) is 19.5 Å². The molecule has 1 atom stereocenters. The van der Waals surface area contributed by atoms with Crippen LogP contribution < -0.4 is 0 Å². The van der Waals surface area contributed by atoms with Crippen molar-refractivity contribution >= 4 is 19.6 Å². The van der Waals surface area contributed by atoms with Crippen molar-refractivity contribution in [3.8, 4) is 0 Å². The van der Waals surface area contributed by atoms with Gasteiger partial charge in [-0.25, -0.2) is 9.59 Å². The number of benzene rings is 1. The fraction of sp³-hybridized carbons (Fsp3) is 0.636. The second-order valence-electron chi connectivity index (χ2n) is 7.50. The van der Waals surface area contributed by atoms with Gasteiger partial charge >= 0.3 is 19.6 Å². The van der Waals surface area contributed by atoms with Crippen LogP contribution in [-0.4, -0.2) is 67.5 Å². The van der Waals surface area contributed by atoms with Crippen LogP contribution in [0.15, 0.2) is 30.3 Å². The van der Waals surface area contributed by atoms with E-state index in [4.69, 9.17) is 13.8 Å². The number of esters is 1. The van der Waals surface area contributed by atoms with Gasteiger partial charge in [0.1, 0.15) is 12.3 Å². The summed E-state index contributed by atoms with van der Waals surface area (Å²) in [5, 5.41) is 0. The Morgan fingerprint density at radius 1 is 1.03 bits per heavy atom. The number of rotatable bonds is 13. The lowest BCUT2D eigenvalue weighted by Gasteiger charge is -2.36. The molecular formula is C22H37N2O6P. The summed E-state index contributed by atoms with van der Waals surface area (Å²) >= 11 is 0. The third-order valence-corrected chi connectivity index (χ3v) is 6.55. The minimum absolute atomic E-state index is 0.116. The van der Waals surface area contributed by atoms with E-state index in [2.05, 4.69) is 0 Å². The summed E-state index contributed by atoms with van der Waals surface area (Å²) in [6.07, 6.45) is 0.138. The van der Waals surface area contributed by atoms with Crippen molar-refractivity contribution in [2.45, 2.75) is 47.1 Å². The van der Waals surface area contributed by atoms with Crippen LogP contribution in [-0.2, 0) is 29.6 Å². The summed E-state index contributed by atoms with van der Waals surface area (Å²) in [4.78, 5) is 29.1. The van der Waals surface area contributed by atoms with E-state index in [-0.39, 0.29) is 32.0 Å². The third-order valence-electron chi connectivity index (χ3n) is 4.56. The molecule has 176 valence electrons. The van der Waals surface area contributed by atoms with Crippen LogP contribution in [0.1, 0.15) is 40.2 Å². The van der Waals surface area contributed by atoms with Gasteiger partial charge in [-0.15, -0.1) is 0 Å². The van der Waals surface area contributed by atoms with Gasteiger partial charge in [0.05, 0.1) is 20.3 Å². The zero-order chi connectivity index (χ0) is 23.4. The first-order valence-corrected chi connectivity index (χ1v) is 12.5. The van der Waals surface area contributed by atoms with Gasteiger partial charge < -0.3 is 23.6 Å². The van der Waals surface area contributed by atoms with Crippen LogP contribution in [0.2, 0.25) is 0 Å². The zero-order valence-electron chi connectivity index (χ0n) is 19.6. The lowest BCUT2D eigenvalue weighted by Crippen LogP contribution is -2.53. The van der Waals surface area contributed by atoms with Crippen LogP contribution >= 0.6 is 7.60 Å². The lowest BCUT2D eigenvalue weighted by molar-refractivity contribution is -0.146. The number of carbonyl (C=O) groups is 2. The van der Waals surface area contributed by atoms with Crippen LogP contribution in [0.25, 0.3) is 0 Å². The summed E-state index contributed by atoms with van der Waals surface area (Å²) in [7, 11) is -2.19. The van der Waals surface area contributed by atoms with Crippen LogP contribution in [0.4, 0.5) is 4.79 Å². The highest BCUT2D eigenvalue weighted by molar-refractivity contribution is 7.53. The van der Waals surface area contributed by atoms with Crippen LogP contribution in [0.5, 0.6) is 0 Å². The van der Waals surface area contributed by atoms with E-state index < -0.39 is 25.6 Å². The molecule has 1 aromatic rings. The number of amides is 2. The van der Waals surface area contributed by atoms with Crippen LogP contribution in [0, 0.1) is 5.92 Å². The molecule has 0 aromatic heterocycles. The van der Waals surface area contributed by atoms with Gasteiger partial charge in [0.25, 0.3) is 0 Å². The summed E-state index contributed by atoms with van der Waals surface area (Å²) in [6.45, 7) is 10.2. The monoisotopic (exact) mass is 456 g/mol. The molecule has 0 radical (unpaired) electrons. The van der Waals surface area contributed by atoms with Gasteiger partial charge in [-0.3, -0.25) is 4.57 Å². The molecule has 0 bridgehead atoms. The summed E-state index contributed by atoms with van der Waals surface area (Å²) < 4.78 is 28.9. The summed E-state index contributed by atoms with van der Waals surface area (Å²) in [5.74, 6) is -0.383. The maximum atomic E-state index is 13.6. The second-order valence-corrected chi connectivity index (χ2v) is 9.52. The Labute approximate surface area is 186 Å². The molecule has 0 aliphatic carbocycles. The molecule has 0 unspecified atom stereocenters. The van der Waals surface area contributed by atoms with E-state index in [1.54, 1.807) is 20.8 Å². The molecule has 0 fully saturated rings. The number of urea groups is 1. The molecular weight excluding hydrogens is 419 g/mol. The van der Waals surface area contributed by atoms with E-state index in [1.807, 2.05) is 44.2 Å². The Kier molecular flexibility index (Phi) is 11.8. The molecule has 8 nitrogen and oxygen atoms in total. The molecule has 0 N–H and O–H groups in total. The van der Waals surface area contributed by atoms with Crippen molar-refractivity contribution in [3.05, 3.63) is 35.9 Å². The quantitative estimate of drug-likeness (QED) is 0.323. The first-order valence-electron chi connectivity index (χ1n) is 10.8. The molecule has 0 aliphatic heterocycles. The highest BCUT2D eigenvalue weighted by atomic mass is 31.2. The average Bonchev–Trinajstić information content (AvgIpc) is 2.73. The Morgan fingerprint density at radius 3 is 2.06 bits per heavy atom. The van der Waals surface area contributed by atoms with E-state index >= 15 is 0 Å². The smallest absolute Gasteiger partial charge is 0.349 e. The number of hydrogen-bond acceptors (Lipinski definition) is 6. The van der Waals surface area contributed by atoms with Crippen molar-refractivity contribution < 1.29 is 27.9 Å². The maximum absolute atomic E-state index is 13.6. The minimum atomic E-state index is -3.50. The number of methoxy groups -OCH3 is 1. The Hall–Kier alpha value is -1.89. The van der Waals surface area contributed by atoms with E-state index in [0.717, 1.165) is 5.56 Å². The van der Waals surface area contributed by atoms with Gasteiger partial charge in [-0.2, -0.15) is 0 Å². The average molecular weight is 457 g/mol. The normalized spacial score (nSPS) is 12.5. The molecule has 0 aliphatic rings. The molecule has 0 spiro atoms. The topological polar surface area (TPSA) is 85.4 Å². The standard InChI is InChI=1S/C22H37N2O6P/c1-7-24(20(21(25)28-6)15-19-13-11-10-12-14-19)22(26)23(16-18(4)5)17-31(27,29-8-2)30-9-3/h10-14,18,20H,7-9,15-17H2,1-6H3/t20-/m0/s1. The van der Waals surface area contributed by atoms with Crippen LogP contribution in [0.3, 0.4) is 0 Å². The fourth-order valence-corrected chi connectivity index (χ4v) is 5.00. The largest absolute Gasteiger partial charge is 0.467 e. The Morgan fingerprint density at radius 2 is 1.61 bits per heavy atom. The fourth-order valence-electron chi connectivity index (χ4n) is 3.32. The zero-order valence-corrected chi connectivity index (χ0v) is 20.5. The molecule has 1 aromatic carbocycles. The number of likely N-dealkylation sites (N-methyl/N-ethyl adjacent to an activating group) is 1. The van der Waals surface area contributed by atoms with Crippen molar-refractivity contribution in [2.75, 3.05) is 39.7 Å². The maximum Gasteiger partial charge on any atom is 0.349 e. The summed E-state index contributed by atoms with van der Waals surface area (Å²) in [5.41, 5.74) is 0.911. The van der Waals surface area contributed by atoms with E-state index in [1.165, 1.54) is 16.9 Å². The number of nitrogens with zero attached hydrogens (tertiary/aromatic N) is 2. The number of ether oxygens (including phenoxy) is 1. The number of carbonyl (C=O) groups excluding carboxylic acids is 2. The first-order chi connectivity index (χ1) is 14.7. The minimum Gasteiger partial charge on any atom is -0.467 e. The highest BCUT2D eigenvalue weighted by Gasteiger charge is 2.36. The van der Waals surface area contributed by atoms with E-state index in [9.17, 15) is 14.2 Å². The predicted octanol–water partition coefficient (Wildman–Crippen LogP) is 4.39. The van der Waals surface area contributed by atoms with Crippen molar-refractivity contribution in [1.82, 2.24) is 9.80 Å². The SMILES string of the molecule is CCOP(=O)(CN(CC(C)C)C(=O)N(CC)[C@@H](Cc1ccccc1)C(=O)OC)OCC. The highest BCUT2D eigenvalue weighted by Crippen LogP contribution is 2.48. The molecule has 0 saturated heterocycles. The van der Waals surface area contributed by atoms with Gasteiger partial charge in [0.15, 0.2) is 0 Å².